The van der Waals surface area contributed by atoms with Crippen molar-refractivity contribution in [3.05, 3.63) is 34.4 Å². The van der Waals surface area contributed by atoms with Gasteiger partial charge in [-0.2, -0.15) is 0 Å². The van der Waals surface area contributed by atoms with Crippen LogP contribution in [0.1, 0.15) is 44.9 Å². The first-order chi connectivity index (χ1) is 13.1. The Hall–Kier alpha value is -2.37. The molecule has 2 aliphatic heterocycles. The zero-order valence-electron chi connectivity index (χ0n) is 15.9. The predicted octanol–water partition coefficient (Wildman–Crippen LogP) is 2.76. The topological polar surface area (TPSA) is 64.4 Å². The number of amides is 1. The van der Waals surface area contributed by atoms with Crippen LogP contribution in [0.5, 0.6) is 5.75 Å². The third-order valence-corrected chi connectivity index (χ3v) is 5.66. The van der Waals surface area contributed by atoms with E-state index in [0.29, 0.717) is 22.6 Å². The number of benzene rings is 1. The number of fused-ring (bicyclic) bond motifs is 2. The van der Waals surface area contributed by atoms with E-state index < -0.39 is 0 Å². The maximum Gasteiger partial charge on any atom is 0.261 e. The summed E-state index contributed by atoms with van der Waals surface area (Å²) in [6.45, 7) is 4.53. The average Bonchev–Trinajstić information content (AvgIpc) is 2.92. The van der Waals surface area contributed by atoms with Gasteiger partial charge in [0.05, 0.1) is 10.9 Å². The van der Waals surface area contributed by atoms with Crippen molar-refractivity contribution in [3.8, 4) is 5.75 Å². The third-order valence-electron chi connectivity index (χ3n) is 5.66. The first-order valence-corrected chi connectivity index (χ1v) is 10.1. The van der Waals surface area contributed by atoms with Gasteiger partial charge in [0.1, 0.15) is 11.6 Å². The molecule has 2 aromatic rings. The van der Waals surface area contributed by atoms with Gasteiger partial charge in [-0.05, 0) is 49.8 Å². The second kappa shape index (κ2) is 7.71. The summed E-state index contributed by atoms with van der Waals surface area (Å²) < 4.78 is 7.53. The molecular weight excluding hydrogens is 342 g/mol. The maximum atomic E-state index is 12.9. The Labute approximate surface area is 159 Å². The molecule has 27 heavy (non-hydrogen) atoms. The molecule has 0 bridgehead atoms. The summed E-state index contributed by atoms with van der Waals surface area (Å²) in [6.07, 6.45) is 6.30. The maximum absolute atomic E-state index is 12.9. The molecular formula is C21H27N3O3. The average molecular weight is 369 g/mol. The Morgan fingerprint density at radius 1 is 1.22 bits per heavy atom. The molecule has 1 fully saturated rings. The van der Waals surface area contributed by atoms with Crippen LogP contribution in [0.3, 0.4) is 0 Å². The van der Waals surface area contributed by atoms with Crippen molar-refractivity contribution in [1.82, 2.24) is 14.5 Å². The second-order valence-corrected chi connectivity index (χ2v) is 7.85. The van der Waals surface area contributed by atoms with E-state index in [0.717, 1.165) is 57.6 Å². The van der Waals surface area contributed by atoms with Gasteiger partial charge in [-0.25, -0.2) is 4.98 Å². The lowest BCUT2D eigenvalue weighted by Crippen LogP contribution is -2.41. The van der Waals surface area contributed by atoms with Gasteiger partial charge >= 0.3 is 0 Å². The third kappa shape index (κ3) is 3.84. The molecule has 1 aromatic carbocycles. The predicted molar refractivity (Wildman–Crippen MR) is 104 cm³/mol. The second-order valence-electron chi connectivity index (χ2n) is 7.85. The Balaban J connectivity index is 1.52. The standard InChI is InChI=1S/C21H27N3O3/c1-15-6-5-10-23(13-15)20(25)14-27-16-8-9-18-17(12-16)21(26)24-11-4-2-3-7-19(24)22-18/h8-9,12,15H,2-7,10-11,13-14H2,1H3/t15-/m1/s1. The molecule has 0 N–H and O–H groups in total. The first kappa shape index (κ1) is 18.0. The van der Waals surface area contributed by atoms with Crippen LogP contribution in [0.2, 0.25) is 0 Å². The fourth-order valence-corrected chi connectivity index (χ4v) is 4.14. The number of hydrogen-bond donors (Lipinski definition) is 0. The molecule has 1 amide bonds. The van der Waals surface area contributed by atoms with Crippen LogP contribution in [-0.2, 0) is 17.8 Å². The molecule has 3 heterocycles. The van der Waals surface area contributed by atoms with E-state index in [4.69, 9.17) is 4.74 Å². The fourth-order valence-electron chi connectivity index (χ4n) is 4.14. The molecule has 2 aliphatic rings. The van der Waals surface area contributed by atoms with E-state index in [1.165, 1.54) is 6.42 Å². The zero-order chi connectivity index (χ0) is 18.8. The zero-order valence-corrected chi connectivity index (χ0v) is 15.9. The molecule has 1 aromatic heterocycles. The van der Waals surface area contributed by atoms with E-state index in [-0.39, 0.29) is 18.1 Å². The van der Waals surface area contributed by atoms with Crippen LogP contribution in [0, 0.1) is 5.92 Å². The molecule has 1 atom stereocenters. The number of nitrogens with zero attached hydrogens (tertiary/aromatic N) is 3. The molecule has 6 nitrogen and oxygen atoms in total. The lowest BCUT2D eigenvalue weighted by Gasteiger charge is -2.30. The molecule has 4 rings (SSSR count). The van der Waals surface area contributed by atoms with Crippen LogP contribution in [0.15, 0.2) is 23.0 Å². The highest BCUT2D eigenvalue weighted by molar-refractivity contribution is 5.80. The van der Waals surface area contributed by atoms with Crippen LogP contribution in [-0.4, -0.2) is 40.1 Å². The largest absolute Gasteiger partial charge is 0.484 e. The number of aromatic nitrogens is 2. The molecule has 1 saturated heterocycles. The minimum absolute atomic E-state index is 0.00136. The van der Waals surface area contributed by atoms with Crippen molar-refractivity contribution < 1.29 is 9.53 Å². The molecule has 0 saturated carbocycles. The highest BCUT2D eigenvalue weighted by atomic mass is 16.5. The van der Waals surface area contributed by atoms with Gasteiger partial charge in [0.2, 0.25) is 0 Å². The monoisotopic (exact) mass is 369 g/mol. The fraction of sp³-hybridized carbons (Fsp3) is 0.571. The number of carbonyl (C=O) groups excluding carboxylic acids is 1. The molecule has 144 valence electrons. The molecule has 0 radical (unpaired) electrons. The minimum atomic E-state index is -0.00136. The number of likely N-dealkylation sites (tertiary alicyclic amines) is 1. The van der Waals surface area contributed by atoms with Crippen molar-refractivity contribution in [2.75, 3.05) is 19.7 Å². The summed E-state index contributed by atoms with van der Waals surface area (Å²) in [6, 6.07) is 5.36. The summed E-state index contributed by atoms with van der Waals surface area (Å²) in [5, 5.41) is 0.567. The Kier molecular flexibility index (Phi) is 5.14. The molecule has 6 heteroatoms. The number of hydrogen-bond acceptors (Lipinski definition) is 4. The SMILES string of the molecule is C[C@@H]1CCCN(C(=O)COc2ccc3nc4n(c(=O)c3c2)CCCCC4)C1. The molecule has 0 aliphatic carbocycles. The van der Waals surface area contributed by atoms with Gasteiger partial charge < -0.3 is 9.64 Å². The number of carbonyl (C=O) groups is 1. The van der Waals surface area contributed by atoms with Gasteiger partial charge in [0.25, 0.3) is 11.5 Å². The van der Waals surface area contributed by atoms with Crippen LogP contribution < -0.4 is 10.3 Å². The minimum Gasteiger partial charge on any atom is -0.484 e. The van der Waals surface area contributed by atoms with Gasteiger partial charge in [0.15, 0.2) is 6.61 Å². The highest BCUT2D eigenvalue weighted by Gasteiger charge is 2.21. The summed E-state index contributed by atoms with van der Waals surface area (Å²) >= 11 is 0. The quantitative estimate of drug-likeness (QED) is 0.834. The van der Waals surface area contributed by atoms with Crippen LogP contribution in [0.25, 0.3) is 10.9 Å². The number of aryl methyl sites for hydroxylation is 1. The van der Waals surface area contributed by atoms with Crippen molar-refractivity contribution in [1.29, 1.82) is 0 Å². The Morgan fingerprint density at radius 2 is 2.11 bits per heavy atom. The van der Waals surface area contributed by atoms with Gasteiger partial charge in [-0.15, -0.1) is 0 Å². The summed E-state index contributed by atoms with van der Waals surface area (Å²) in [4.78, 5) is 31.9. The van der Waals surface area contributed by atoms with E-state index in [9.17, 15) is 9.59 Å². The molecule has 0 unspecified atom stereocenters. The first-order valence-electron chi connectivity index (χ1n) is 10.1. The van der Waals surface area contributed by atoms with Gasteiger partial charge in [-0.3, -0.25) is 14.2 Å². The van der Waals surface area contributed by atoms with E-state index >= 15 is 0 Å². The van der Waals surface area contributed by atoms with Crippen molar-refractivity contribution in [2.45, 2.75) is 52.0 Å². The Bertz CT molecular complexity index is 905. The number of piperidine rings is 1. The van der Waals surface area contributed by atoms with Crippen LogP contribution in [0.4, 0.5) is 0 Å². The van der Waals surface area contributed by atoms with E-state index in [2.05, 4.69) is 11.9 Å². The summed E-state index contributed by atoms with van der Waals surface area (Å²) in [7, 11) is 0. The van der Waals surface area contributed by atoms with Crippen molar-refractivity contribution in [3.63, 3.8) is 0 Å². The van der Waals surface area contributed by atoms with Crippen LogP contribution >= 0.6 is 0 Å². The Morgan fingerprint density at radius 3 is 2.96 bits per heavy atom. The lowest BCUT2D eigenvalue weighted by molar-refractivity contribution is -0.135. The lowest BCUT2D eigenvalue weighted by atomic mass is 10.0. The summed E-state index contributed by atoms with van der Waals surface area (Å²) in [5.74, 6) is 1.99. The van der Waals surface area contributed by atoms with E-state index in [1.807, 2.05) is 11.0 Å². The van der Waals surface area contributed by atoms with Crippen molar-refractivity contribution >= 4 is 16.8 Å². The van der Waals surface area contributed by atoms with E-state index in [1.54, 1.807) is 16.7 Å². The normalized spacial score (nSPS) is 20.2. The van der Waals surface area contributed by atoms with Gasteiger partial charge in [-0.1, -0.05) is 13.3 Å². The highest BCUT2D eigenvalue weighted by Crippen LogP contribution is 2.20. The number of rotatable bonds is 3. The molecule has 0 spiro atoms. The van der Waals surface area contributed by atoms with Gasteiger partial charge in [0, 0.05) is 26.1 Å². The van der Waals surface area contributed by atoms with Crippen molar-refractivity contribution in [2.24, 2.45) is 5.92 Å². The smallest absolute Gasteiger partial charge is 0.261 e. The number of ether oxygens (including phenoxy) is 1. The summed E-state index contributed by atoms with van der Waals surface area (Å²) in [5.41, 5.74) is 0.704.